The van der Waals surface area contributed by atoms with E-state index in [1.165, 1.54) is 51.4 Å². The van der Waals surface area contributed by atoms with Gasteiger partial charge in [0.15, 0.2) is 0 Å². The van der Waals surface area contributed by atoms with Gasteiger partial charge in [0.2, 0.25) is 0 Å². The zero-order valence-corrected chi connectivity index (χ0v) is 9.31. The smallest absolute Gasteiger partial charge is 0.0125 e. The number of nitrogens with two attached hydrogens (primary N) is 1. The lowest BCUT2D eigenvalue weighted by atomic mass is 9.90. The SMILES string of the molecule is CCC1CCCC[C@](C)(N)CCC1. The van der Waals surface area contributed by atoms with Gasteiger partial charge in [0.25, 0.3) is 0 Å². The first-order chi connectivity index (χ1) is 6.14. The maximum Gasteiger partial charge on any atom is 0.0125 e. The molecule has 0 bridgehead atoms. The molecule has 0 heterocycles. The molecule has 0 amide bonds. The predicted octanol–water partition coefficient (Wildman–Crippen LogP) is 3.47. The van der Waals surface area contributed by atoms with E-state index in [-0.39, 0.29) is 5.54 Å². The fraction of sp³-hybridized carbons (Fsp3) is 1.00. The Hall–Kier alpha value is -0.0400. The molecule has 1 rings (SSSR count). The third-order valence-electron chi connectivity index (χ3n) is 3.55. The standard InChI is InChI=1S/C12H25N/c1-3-11-7-4-5-9-12(2,13)10-6-8-11/h11H,3-10,13H2,1-2H3/t11?,12-/m0/s1. The molecule has 78 valence electrons. The fourth-order valence-corrected chi connectivity index (χ4v) is 2.43. The molecule has 0 aromatic heterocycles. The topological polar surface area (TPSA) is 26.0 Å². The summed E-state index contributed by atoms with van der Waals surface area (Å²) in [4.78, 5) is 0. The van der Waals surface area contributed by atoms with Crippen molar-refractivity contribution in [2.75, 3.05) is 0 Å². The van der Waals surface area contributed by atoms with Crippen LogP contribution in [0, 0.1) is 5.92 Å². The van der Waals surface area contributed by atoms with E-state index in [2.05, 4.69) is 13.8 Å². The van der Waals surface area contributed by atoms with E-state index in [0.717, 1.165) is 5.92 Å². The zero-order valence-electron chi connectivity index (χ0n) is 9.31. The molecule has 1 fully saturated rings. The minimum absolute atomic E-state index is 0.128. The molecule has 0 aliphatic heterocycles. The summed E-state index contributed by atoms with van der Waals surface area (Å²) in [6, 6.07) is 0. The first-order valence-corrected chi connectivity index (χ1v) is 5.93. The lowest BCUT2D eigenvalue weighted by molar-refractivity contribution is 0.374. The zero-order chi connectivity index (χ0) is 9.73. The van der Waals surface area contributed by atoms with Crippen LogP contribution in [0.15, 0.2) is 0 Å². The fourth-order valence-electron chi connectivity index (χ4n) is 2.43. The molecule has 0 saturated heterocycles. The Labute approximate surface area is 83.1 Å². The molecule has 1 nitrogen and oxygen atoms in total. The molecule has 1 unspecified atom stereocenters. The Balaban J connectivity index is 2.38. The average Bonchev–Trinajstić information content (AvgIpc) is 2.15. The Kier molecular flexibility index (Phi) is 4.24. The molecule has 13 heavy (non-hydrogen) atoms. The van der Waals surface area contributed by atoms with Gasteiger partial charge in [-0.2, -0.15) is 0 Å². The molecule has 1 heteroatoms. The quantitative estimate of drug-likeness (QED) is 0.662. The minimum atomic E-state index is 0.128. The molecule has 0 aromatic rings. The summed E-state index contributed by atoms with van der Waals surface area (Å²) in [6.07, 6.45) is 10.7. The van der Waals surface area contributed by atoms with E-state index in [4.69, 9.17) is 5.73 Å². The second-order valence-electron chi connectivity index (χ2n) is 5.07. The van der Waals surface area contributed by atoms with Crippen molar-refractivity contribution in [1.29, 1.82) is 0 Å². The Morgan fingerprint density at radius 3 is 2.46 bits per heavy atom. The number of hydrogen-bond acceptors (Lipinski definition) is 1. The highest BCUT2D eigenvalue weighted by Crippen LogP contribution is 2.27. The Morgan fingerprint density at radius 1 is 1.15 bits per heavy atom. The van der Waals surface area contributed by atoms with Gasteiger partial charge < -0.3 is 5.73 Å². The van der Waals surface area contributed by atoms with Gasteiger partial charge in [-0.15, -0.1) is 0 Å². The van der Waals surface area contributed by atoms with E-state index in [0.29, 0.717) is 0 Å². The lowest BCUT2D eigenvalue weighted by Gasteiger charge is -2.23. The monoisotopic (exact) mass is 183 g/mol. The van der Waals surface area contributed by atoms with Crippen LogP contribution in [0.1, 0.15) is 65.2 Å². The highest BCUT2D eigenvalue weighted by Gasteiger charge is 2.20. The summed E-state index contributed by atoms with van der Waals surface area (Å²) in [5, 5.41) is 0. The molecule has 2 N–H and O–H groups in total. The van der Waals surface area contributed by atoms with Gasteiger partial charge in [0.05, 0.1) is 0 Å². The van der Waals surface area contributed by atoms with Crippen LogP contribution >= 0.6 is 0 Å². The first kappa shape index (κ1) is 11.0. The summed E-state index contributed by atoms with van der Waals surface area (Å²) >= 11 is 0. The van der Waals surface area contributed by atoms with E-state index in [1.54, 1.807) is 0 Å². The molecule has 0 aromatic carbocycles. The third kappa shape index (κ3) is 4.12. The lowest BCUT2D eigenvalue weighted by Crippen LogP contribution is -2.35. The largest absolute Gasteiger partial charge is 0.325 e. The van der Waals surface area contributed by atoms with Crippen molar-refractivity contribution in [2.24, 2.45) is 11.7 Å². The van der Waals surface area contributed by atoms with Crippen LogP contribution in [0.25, 0.3) is 0 Å². The summed E-state index contributed by atoms with van der Waals surface area (Å²) < 4.78 is 0. The highest BCUT2D eigenvalue weighted by molar-refractivity contribution is 4.80. The van der Waals surface area contributed by atoms with E-state index in [9.17, 15) is 0 Å². The van der Waals surface area contributed by atoms with E-state index in [1.807, 2.05) is 0 Å². The van der Waals surface area contributed by atoms with E-state index < -0.39 is 0 Å². The molecular weight excluding hydrogens is 158 g/mol. The van der Waals surface area contributed by atoms with Crippen molar-refractivity contribution >= 4 is 0 Å². The average molecular weight is 183 g/mol. The van der Waals surface area contributed by atoms with Crippen molar-refractivity contribution in [3.63, 3.8) is 0 Å². The summed E-state index contributed by atoms with van der Waals surface area (Å²) in [6.45, 7) is 4.55. The maximum atomic E-state index is 6.20. The van der Waals surface area contributed by atoms with Gasteiger partial charge in [-0.25, -0.2) is 0 Å². The van der Waals surface area contributed by atoms with Crippen molar-refractivity contribution in [3.8, 4) is 0 Å². The molecular formula is C12H25N. The van der Waals surface area contributed by atoms with E-state index >= 15 is 0 Å². The molecule has 2 atom stereocenters. The number of rotatable bonds is 1. The van der Waals surface area contributed by atoms with Crippen LogP contribution in [0.2, 0.25) is 0 Å². The summed E-state index contributed by atoms with van der Waals surface area (Å²) in [5.41, 5.74) is 6.33. The van der Waals surface area contributed by atoms with Crippen LogP contribution in [-0.4, -0.2) is 5.54 Å². The van der Waals surface area contributed by atoms with Gasteiger partial charge in [-0.1, -0.05) is 45.4 Å². The predicted molar refractivity (Wildman–Crippen MR) is 58.7 cm³/mol. The highest BCUT2D eigenvalue weighted by atomic mass is 14.7. The van der Waals surface area contributed by atoms with Gasteiger partial charge in [0.1, 0.15) is 0 Å². The molecule has 0 radical (unpaired) electrons. The normalized spacial score (nSPS) is 37.6. The molecule has 0 spiro atoms. The van der Waals surface area contributed by atoms with Crippen molar-refractivity contribution in [1.82, 2.24) is 0 Å². The van der Waals surface area contributed by atoms with Crippen LogP contribution < -0.4 is 5.73 Å². The van der Waals surface area contributed by atoms with Crippen LogP contribution in [-0.2, 0) is 0 Å². The maximum absolute atomic E-state index is 6.20. The number of hydrogen-bond donors (Lipinski definition) is 1. The van der Waals surface area contributed by atoms with Gasteiger partial charge in [0, 0.05) is 5.54 Å². The summed E-state index contributed by atoms with van der Waals surface area (Å²) in [7, 11) is 0. The van der Waals surface area contributed by atoms with Crippen molar-refractivity contribution in [3.05, 3.63) is 0 Å². The molecule has 1 aliphatic carbocycles. The van der Waals surface area contributed by atoms with Crippen molar-refractivity contribution < 1.29 is 0 Å². The Morgan fingerprint density at radius 2 is 1.77 bits per heavy atom. The van der Waals surface area contributed by atoms with Crippen LogP contribution in [0.3, 0.4) is 0 Å². The second kappa shape index (κ2) is 4.99. The van der Waals surface area contributed by atoms with Gasteiger partial charge in [-0.3, -0.25) is 0 Å². The molecule has 1 aliphatic rings. The van der Waals surface area contributed by atoms with Gasteiger partial charge in [-0.05, 0) is 25.7 Å². The second-order valence-corrected chi connectivity index (χ2v) is 5.07. The van der Waals surface area contributed by atoms with Crippen molar-refractivity contribution in [2.45, 2.75) is 70.8 Å². The summed E-state index contributed by atoms with van der Waals surface area (Å²) in [5.74, 6) is 0.980. The van der Waals surface area contributed by atoms with Crippen LogP contribution in [0.5, 0.6) is 0 Å². The van der Waals surface area contributed by atoms with Crippen LogP contribution in [0.4, 0.5) is 0 Å². The third-order valence-corrected chi connectivity index (χ3v) is 3.55. The van der Waals surface area contributed by atoms with Gasteiger partial charge >= 0.3 is 0 Å². The Bertz CT molecular complexity index is 140. The molecule has 1 saturated carbocycles. The minimum Gasteiger partial charge on any atom is -0.325 e. The first-order valence-electron chi connectivity index (χ1n) is 5.93.